The molecule has 1 unspecified atom stereocenters. The standard InChI is InChI=1S/C19H24N4O4S/c20-13-16(19(24)21-14-17-5-4-12-27-17)15-22-8-10-23(11-9-22)28(25,26)18-6-2-1-3-7-18/h1-3,6-7,15,17H,4-5,8-12,14H2,(H,21,24)/b16-15-. The van der Waals surface area contributed by atoms with Gasteiger partial charge in [0.25, 0.3) is 5.91 Å². The molecule has 1 aromatic carbocycles. The Labute approximate surface area is 165 Å². The first-order valence-corrected chi connectivity index (χ1v) is 10.8. The van der Waals surface area contributed by atoms with Crippen LogP contribution < -0.4 is 5.32 Å². The van der Waals surface area contributed by atoms with Crippen molar-refractivity contribution in [3.05, 3.63) is 42.1 Å². The molecule has 2 heterocycles. The Balaban J connectivity index is 1.55. The zero-order chi connectivity index (χ0) is 20.0. The number of carbonyl (C=O) groups excluding carboxylic acids is 1. The molecular weight excluding hydrogens is 380 g/mol. The first-order chi connectivity index (χ1) is 13.5. The van der Waals surface area contributed by atoms with Crippen LogP contribution in [-0.2, 0) is 19.6 Å². The van der Waals surface area contributed by atoms with Gasteiger partial charge in [-0.1, -0.05) is 18.2 Å². The maximum Gasteiger partial charge on any atom is 0.263 e. The van der Waals surface area contributed by atoms with E-state index in [1.807, 2.05) is 6.07 Å². The number of hydrogen-bond acceptors (Lipinski definition) is 6. The van der Waals surface area contributed by atoms with Gasteiger partial charge in [-0.05, 0) is 25.0 Å². The Bertz CT molecular complexity index is 850. The monoisotopic (exact) mass is 404 g/mol. The molecule has 0 bridgehead atoms. The van der Waals surface area contributed by atoms with Gasteiger partial charge < -0.3 is 15.0 Å². The van der Waals surface area contributed by atoms with Gasteiger partial charge in [0.2, 0.25) is 10.0 Å². The van der Waals surface area contributed by atoms with Crippen molar-refractivity contribution < 1.29 is 17.9 Å². The van der Waals surface area contributed by atoms with Gasteiger partial charge in [-0.15, -0.1) is 0 Å². The van der Waals surface area contributed by atoms with E-state index in [1.54, 1.807) is 35.2 Å². The predicted octanol–water partition coefficient (Wildman–Crippen LogP) is 0.696. The third-order valence-electron chi connectivity index (χ3n) is 4.85. The van der Waals surface area contributed by atoms with Crippen molar-refractivity contribution >= 4 is 15.9 Å². The van der Waals surface area contributed by atoms with Gasteiger partial charge in [0, 0.05) is 45.5 Å². The lowest BCUT2D eigenvalue weighted by Gasteiger charge is -2.33. The van der Waals surface area contributed by atoms with E-state index in [4.69, 9.17) is 4.74 Å². The SMILES string of the molecule is N#C/C(=C/N1CCN(S(=O)(=O)c2ccccc2)CC1)C(=O)NCC1CCCO1. The Morgan fingerprint density at radius 2 is 1.96 bits per heavy atom. The third kappa shape index (κ3) is 4.90. The molecule has 2 aliphatic heterocycles. The first kappa shape index (κ1) is 20.3. The second-order valence-electron chi connectivity index (χ2n) is 6.75. The number of sulfonamides is 1. The lowest BCUT2D eigenvalue weighted by molar-refractivity contribution is -0.117. The summed E-state index contributed by atoms with van der Waals surface area (Å²) in [6.07, 6.45) is 3.41. The van der Waals surface area contributed by atoms with Gasteiger partial charge in [0.1, 0.15) is 11.6 Å². The lowest BCUT2D eigenvalue weighted by Crippen LogP contribution is -2.47. The highest BCUT2D eigenvalue weighted by molar-refractivity contribution is 7.89. The summed E-state index contributed by atoms with van der Waals surface area (Å²) in [5, 5.41) is 12.0. The van der Waals surface area contributed by atoms with E-state index in [9.17, 15) is 18.5 Å². The number of hydrogen-bond donors (Lipinski definition) is 1. The van der Waals surface area contributed by atoms with Crippen LogP contribution in [0.25, 0.3) is 0 Å². The smallest absolute Gasteiger partial charge is 0.263 e. The van der Waals surface area contributed by atoms with E-state index in [1.165, 1.54) is 10.5 Å². The molecule has 1 atom stereocenters. The molecule has 0 spiro atoms. The molecule has 2 saturated heterocycles. The van der Waals surface area contributed by atoms with Gasteiger partial charge in [-0.2, -0.15) is 9.57 Å². The molecule has 28 heavy (non-hydrogen) atoms. The number of ether oxygens (including phenoxy) is 1. The number of carbonyl (C=O) groups is 1. The summed E-state index contributed by atoms with van der Waals surface area (Å²) in [6.45, 7) is 2.51. The fourth-order valence-electron chi connectivity index (χ4n) is 3.24. The molecule has 8 nitrogen and oxygen atoms in total. The van der Waals surface area contributed by atoms with Gasteiger partial charge in [0.05, 0.1) is 11.0 Å². The van der Waals surface area contributed by atoms with E-state index in [0.29, 0.717) is 39.3 Å². The molecule has 9 heteroatoms. The van der Waals surface area contributed by atoms with Crippen LogP contribution in [0.5, 0.6) is 0 Å². The zero-order valence-electron chi connectivity index (χ0n) is 15.6. The molecule has 2 fully saturated rings. The van der Waals surface area contributed by atoms with E-state index in [0.717, 1.165) is 12.8 Å². The predicted molar refractivity (Wildman–Crippen MR) is 102 cm³/mol. The number of nitriles is 1. The molecule has 0 aliphatic carbocycles. The second kappa shape index (κ2) is 9.19. The Kier molecular flexibility index (Phi) is 6.67. The molecule has 0 radical (unpaired) electrons. The molecule has 3 rings (SSSR count). The molecule has 2 aliphatic rings. The Morgan fingerprint density at radius 1 is 1.25 bits per heavy atom. The number of rotatable bonds is 6. The minimum absolute atomic E-state index is 0.00984. The van der Waals surface area contributed by atoms with Gasteiger partial charge >= 0.3 is 0 Å². The highest BCUT2D eigenvalue weighted by Crippen LogP contribution is 2.17. The van der Waals surface area contributed by atoms with Gasteiger partial charge in [-0.25, -0.2) is 8.42 Å². The fraction of sp³-hybridized carbons (Fsp3) is 0.474. The van der Waals surface area contributed by atoms with Crippen LogP contribution in [0.15, 0.2) is 47.0 Å². The normalized spacial score (nSPS) is 21.3. The van der Waals surface area contributed by atoms with Crippen molar-refractivity contribution in [3.63, 3.8) is 0 Å². The Hall–Kier alpha value is -2.41. The quantitative estimate of drug-likeness (QED) is 0.553. The number of benzene rings is 1. The van der Waals surface area contributed by atoms with Crippen LogP contribution in [0.4, 0.5) is 0 Å². The topological polar surface area (TPSA) is 103 Å². The molecule has 0 aromatic heterocycles. The number of nitrogens with one attached hydrogen (secondary N) is 1. The average molecular weight is 404 g/mol. The van der Waals surface area contributed by atoms with E-state index in [-0.39, 0.29) is 16.6 Å². The summed E-state index contributed by atoms with van der Waals surface area (Å²) < 4.78 is 32.2. The average Bonchev–Trinajstić information content (AvgIpc) is 3.25. The number of amides is 1. The van der Waals surface area contributed by atoms with Crippen LogP contribution >= 0.6 is 0 Å². The van der Waals surface area contributed by atoms with Crippen LogP contribution in [-0.4, -0.2) is 69.0 Å². The largest absolute Gasteiger partial charge is 0.376 e. The summed E-state index contributed by atoms with van der Waals surface area (Å²) in [5.74, 6) is -0.433. The summed E-state index contributed by atoms with van der Waals surface area (Å²) in [7, 11) is -3.53. The van der Waals surface area contributed by atoms with Crippen LogP contribution in [0.3, 0.4) is 0 Å². The highest BCUT2D eigenvalue weighted by atomic mass is 32.2. The fourth-order valence-corrected chi connectivity index (χ4v) is 4.69. The molecular formula is C19H24N4O4S. The minimum atomic E-state index is -3.53. The maximum absolute atomic E-state index is 12.7. The summed E-state index contributed by atoms with van der Waals surface area (Å²) in [4.78, 5) is 14.3. The molecule has 0 saturated carbocycles. The van der Waals surface area contributed by atoms with Crippen molar-refractivity contribution in [2.75, 3.05) is 39.3 Å². The van der Waals surface area contributed by atoms with E-state index in [2.05, 4.69) is 5.32 Å². The summed E-state index contributed by atoms with van der Waals surface area (Å²) in [6, 6.07) is 10.2. The summed E-state index contributed by atoms with van der Waals surface area (Å²) >= 11 is 0. The highest BCUT2D eigenvalue weighted by Gasteiger charge is 2.28. The maximum atomic E-state index is 12.7. The minimum Gasteiger partial charge on any atom is -0.376 e. The molecule has 1 aromatic rings. The van der Waals surface area contributed by atoms with E-state index >= 15 is 0 Å². The van der Waals surface area contributed by atoms with E-state index < -0.39 is 15.9 Å². The molecule has 1 N–H and O–H groups in total. The van der Waals surface area contributed by atoms with Crippen molar-refractivity contribution in [2.24, 2.45) is 0 Å². The number of piperazine rings is 1. The van der Waals surface area contributed by atoms with Crippen molar-refractivity contribution in [1.29, 1.82) is 5.26 Å². The lowest BCUT2D eigenvalue weighted by atomic mass is 10.2. The zero-order valence-corrected chi connectivity index (χ0v) is 16.4. The van der Waals surface area contributed by atoms with Crippen molar-refractivity contribution in [2.45, 2.75) is 23.8 Å². The van der Waals surface area contributed by atoms with Crippen LogP contribution in [0.1, 0.15) is 12.8 Å². The second-order valence-corrected chi connectivity index (χ2v) is 8.69. The van der Waals surface area contributed by atoms with Gasteiger partial charge in [0.15, 0.2) is 0 Å². The molecule has 1 amide bonds. The first-order valence-electron chi connectivity index (χ1n) is 9.31. The van der Waals surface area contributed by atoms with Crippen molar-refractivity contribution in [3.8, 4) is 6.07 Å². The summed E-state index contributed by atoms with van der Waals surface area (Å²) in [5.41, 5.74) is 0.0114. The Morgan fingerprint density at radius 3 is 2.57 bits per heavy atom. The molecule has 150 valence electrons. The van der Waals surface area contributed by atoms with Crippen molar-refractivity contribution in [1.82, 2.24) is 14.5 Å². The third-order valence-corrected chi connectivity index (χ3v) is 6.76. The number of nitrogens with zero attached hydrogens (tertiary/aromatic N) is 3. The van der Waals surface area contributed by atoms with Crippen LogP contribution in [0, 0.1) is 11.3 Å². The van der Waals surface area contributed by atoms with Crippen LogP contribution in [0.2, 0.25) is 0 Å². The van der Waals surface area contributed by atoms with Gasteiger partial charge in [-0.3, -0.25) is 4.79 Å².